The van der Waals surface area contributed by atoms with E-state index >= 15 is 0 Å². The molecule has 0 aromatic carbocycles. The van der Waals surface area contributed by atoms with Crippen LogP contribution in [0.25, 0.3) is 0 Å². The minimum absolute atomic E-state index is 0.0302. The molecule has 2 aliphatic rings. The van der Waals surface area contributed by atoms with E-state index in [0.29, 0.717) is 12.7 Å². The summed E-state index contributed by atoms with van der Waals surface area (Å²) in [5.74, 6) is 0.859. The predicted octanol–water partition coefficient (Wildman–Crippen LogP) is 2.34. The Morgan fingerprint density at radius 2 is 1.93 bits per heavy atom. The zero-order valence-corrected chi connectivity index (χ0v) is 9.61. The molecule has 0 bridgehead atoms. The maximum atomic E-state index is 5.66. The lowest BCUT2D eigenvalue weighted by Crippen LogP contribution is -2.31. The Kier molecular flexibility index (Phi) is 4.42. The molecule has 1 saturated heterocycles. The summed E-state index contributed by atoms with van der Waals surface area (Å²) in [6.07, 6.45) is 6.42. The van der Waals surface area contributed by atoms with E-state index in [9.17, 15) is 0 Å². The van der Waals surface area contributed by atoms with Gasteiger partial charge in [0.05, 0.1) is 19.3 Å². The third-order valence-corrected chi connectivity index (χ3v) is 3.21. The molecule has 15 heavy (non-hydrogen) atoms. The molecule has 1 aliphatic carbocycles. The fourth-order valence-corrected chi connectivity index (χ4v) is 2.20. The number of hydrogen-bond donors (Lipinski definition) is 0. The van der Waals surface area contributed by atoms with Gasteiger partial charge in [-0.3, -0.25) is 0 Å². The molecular formula is C12H22O3. The number of hydrogen-bond acceptors (Lipinski definition) is 3. The monoisotopic (exact) mass is 214 g/mol. The second-order valence-electron chi connectivity index (χ2n) is 4.74. The minimum Gasteiger partial charge on any atom is -0.376 e. The minimum atomic E-state index is 0.0302. The van der Waals surface area contributed by atoms with Crippen LogP contribution < -0.4 is 0 Å². The highest BCUT2D eigenvalue weighted by molar-refractivity contribution is 4.76. The lowest BCUT2D eigenvalue weighted by molar-refractivity contribution is -0.174. The number of rotatable bonds is 5. The normalized spacial score (nSPS) is 36.2. The van der Waals surface area contributed by atoms with Crippen molar-refractivity contribution in [1.82, 2.24) is 0 Å². The predicted molar refractivity (Wildman–Crippen MR) is 57.7 cm³/mol. The average Bonchev–Trinajstić information content (AvgIpc) is 2.23. The van der Waals surface area contributed by atoms with Crippen LogP contribution in [0.2, 0.25) is 0 Å². The van der Waals surface area contributed by atoms with Gasteiger partial charge in [0.25, 0.3) is 0 Å². The molecule has 0 spiro atoms. The van der Waals surface area contributed by atoms with E-state index in [1.165, 1.54) is 25.7 Å². The Bertz CT molecular complexity index is 172. The highest BCUT2D eigenvalue weighted by Crippen LogP contribution is 2.28. The molecule has 1 saturated carbocycles. The van der Waals surface area contributed by atoms with E-state index in [0.717, 1.165) is 25.6 Å². The van der Waals surface area contributed by atoms with Gasteiger partial charge in [-0.15, -0.1) is 0 Å². The maximum Gasteiger partial charge on any atom is 0.157 e. The molecule has 0 amide bonds. The van der Waals surface area contributed by atoms with Crippen LogP contribution >= 0.6 is 0 Å². The molecule has 0 aromatic rings. The first-order valence-corrected chi connectivity index (χ1v) is 6.19. The molecule has 1 aliphatic heterocycles. The van der Waals surface area contributed by atoms with Crippen molar-refractivity contribution in [1.29, 1.82) is 0 Å². The van der Waals surface area contributed by atoms with Crippen LogP contribution in [-0.4, -0.2) is 32.2 Å². The molecule has 0 N–H and O–H groups in total. The van der Waals surface area contributed by atoms with Crippen molar-refractivity contribution in [3.8, 4) is 0 Å². The summed E-state index contributed by atoms with van der Waals surface area (Å²) < 4.78 is 16.7. The molecule has 2 fully saturated rings. The Balaban J connectivity index is 1.44. The number of ether oxygens (including phenoxy) is 3. The van der Waals surface area contributed by atoms with Crippen LogP contribution in [-0.2, 0) is 14.2 Å². The smallest absolute Gasteiger partial charge is 0.157 e. The SMILES string of the molecule is C[C@H]1C[C@@H](OCCOC2CCCCO2)C1. The standard InChI is InChI=1S/C12H22O3/c1-10-8-11(9-10)13-6-7-15-12-4-2-3-5-14-12/h10-12H,2-9H2,1H3/t10-,11+,12?. The van der Waals surface area contributed by atoms with E-state index < -0.39 is 0 Å². The summed E-state index contributed by atoms with van der Waals surface area (Å²) in [5, 5.41) is 0. The van der Waals surface area contributed by atoms with E-state index in [1.807, 2.05) is 0 Å². The van der Waals surface area contributed by atoms with Crippen molar-refractivity contribution in [3.05, 3.63) is 0 Å². The van der Waals surface area contributed by atoms with Crippen LogP contribution in [0.5, 0.6) is 0 Å². The zero-order chi connectivity index (χ0) is 10.5. The van der Waals surface area contributed by atoms with Crippen molar-refractivity contribution in [2.24, 2.45) is 5.92 Å². The molecule has 0 radical (unpaired) electrons. The van der Waals surface area contributed by atoms with Gasteiger partial charge in [-0.05, 0) is 38.0 Å². The Morgan fingerprint density at radius 3 is 2.60 bits per heavy atom. The first-order valence-electron chi connectivity index (χ1n) is 6.19. The van der Waals surface area contributed by atoms with E-state index in [2.05, 4.69) is 6.92 Å². The molecule has 0 aromatic heterocycles. The van der Waals surface area contributed by atoms with Gasteiger partial charge in [-0.25, -0.2) is 0 Å². The van der Waals surface area contributed by atoms with Crippen molar-refractivity contribution >= 4 is 0 Å². The van der Waals surface area contributed by atoms with Gasteiger partial charge in [-0.1, -0.05) is 6.92 Å². The first kappa shape index (κ1) is 11.4. The van der Waals surface area contributed by atoms with E-state index in [1.54, 1.807) is 0 Å². The van der Waals surface area contributed by atoms with E-state index in [4.69, 9.17) is 14.2 Å². The van der Waals surface area contributed by atoms with Gasteiger partial charge in [0.15, 0.2) is 6.29 Å². The maximum absolute atomic E-state index is 5.66. The van der Waals surface area contributed by atoms with Crippen molar-refractivity contribution < 1.29 is 14.2 Å². The summed E-state index contributed by atoms with van der Waals surface area (Å²) in [6.45, 7) is 4.52. The van der Waals surface area contributed by atoms with Gasteiger partial charge in [0.2, 0.25) is 0 Å². The molecule has 88 valence electrons. The Labute approximate surface area is 92.1 Å². The summed E-state index contributed by atoms with van der Waals surface area (Å²) in [4.78, 5) is 0. The molecule has 2 rings (SSSR count). The lowest BCUT2D eigenvalue weighted by Gasteiger charge is -2.32. The van der Waals surface area contributed by atoms with Gasteiger partial charge in [0, 0.05) is 6.61 Å². The highest BCUT2D eigenvalue weighted by atomic mass is 16.7. The molecule has 3 nitrogen and oxygen atoms in total. The molecule has 1 atom stereocenters. The van der Waals surface area contributed by atoms with Crippen molar-refractivity contribution in [3.63, 3.8) is 0 Å². The first-order chi connectivity index (χ1) is 7.34. The fourth-order valence-electron chi connectivity index (χ4n) is 2.20. The summed E-state index contributed by atoms with van der Waals surface area (Å²) >= 11 is 0. The Hall–Kier alpha value is -0.120. The van der Waals surface area contributed by atoms with Crippen LogP contribution in [0.15, 0.2) is 0 Å². The fraction of sp³-hybridized carbons (Fsp3) is 1.00. The molecule has 1 heterocycles. The molecule has 1 unspecified atom stereocenters. The summed E-state index contributed by atoms with van der Waals surface area (Å²) in [5.41, 5.74) is 0. The second kappa shape index (κ2) is 5.83. The topological polar surface area (TPSA) is 27.7 Å². The van der Waals surface area contributed by atoms with E-state index in [-0.39, 0.29) is 6.29 Å². The van der Waals surface area contributed by atoms with Gasteiger partial charge >= 0.3 is 0 Å². The quantitative estimate of drug-likeness (QED) is 0.657. The van der Waals surface area contributed by atoms with Crippen LogP contribution in [0.4, 0.5) is 0 Å². The highest BCUT2D eigenvalue weighted by Gasteiger charge is 2.25. The molecular weight excluding hydrogens is 192 g/mol. The summed E-state index contributed by atoms with van der Waals surface area (Å²) in [6, 6.07) is 0. The van der Waals surface area contributed by atoms with Gasteiger partial charge < -0.3 is 14.2 Å². The second-order valence-corrected chi connectivity index (χ2v) is 4.74. The van der Waals surface area contributed by atoms with Crippen molar-refractivity contribution in [2.45, 2.75) is 51.4 Å². The zero-order valence-electron chi connectivity index (χ0n) is 9.61. The van der Waals surface area contributed by atoms with Crippen molar-refractivity contribution in [2.75, 3.05) is 19.8 Å². The lowest BCUT2D eigenvalue weighted by atomic mass is 9.84. The summed E-state index contributed by atoms with van der Waals surface area (Å²) in [7, 11) is 0. The third kappa shape index (κ3) is 3.74. The average molecular weight is 214 g/mol. The Morgan fingerprint density at radius 1 is 1.13 bits per heavy atom. The van der Waals surface area contributed by atoms with Crippen LogP contribution in [0.3, 0.4) is 0 Å². The largest absolute Gasteiger partial charge is 0.376 e. The van der Waals surface area contributed by atoms with Gasteiger partial charge in [-0.2, -0.15) is 0 Å². The molecule has 3 heteroatoms. The third-order valence-electron chi connectivity index (χ3n) is 3.21. The van der Waals surface area contributed by atoms with Crippen LogP contribution in [0.1, 0.15) is 39.0 Å². The van der Waals surface area contributed by atoms with Crippen LogP contribution in [0, 0.1) is 5.92 Å². The van der Waals surface area contributed by atoms with Gasteiger partial charge in [0.1, 0.15) is 0 Å².